The summed E-state index contributed by atoms with van der Waals surface area (Å²) in [6.45, 7) is 2.05. The largest absolute Gasteiger partial charge is 0.416 e. The predicted octanol–water partition coefficient (Wildman–Crippen LogP) is 2.83. The summed E-state index contributed by atoms with van der Waals surface area (Å²) in [7, 11) is 0. The van der Waals surface area contributed by atoms with E-state index in [1.165, 1.54) is 5.56 Å². The Hall–Kier alpha value is -0.910. The zero-order valence-corrected chi connectivity index (χ0v) is 9.80. The zero-order valence-electron chi connectivity index (χ0n) is 7.64. The summed E-state index contributed by atoms with van der Waals surface area (Å²) in [5, 5.41) is 7.80. The first-order valence-corrected chi connectivity index (χ1v) is 5.39. The third-order valence-corrected chi connectivity index (χ3v) is 2.52. The van der Waals surface area contributed by atoms with Crippen molar-refractivity contribution in [1.82, 2.24) is 10.2 Å². The van der Waals surface area contributed by atoms with E-state index in [9.17, 15) is 0 Å². The SMILES string of the molecule is CC(c1ccccc1)c1nnc(I)o1. The van der Waals surface area contributed by atoms with Crippen molar-refractivity contribution >= 4 is 22.6 Å². The summed E-state index contributed by atoms with van der Waals surface area (Å²) in [5.74, 6) is 0.827. The van der Waals surface area contributed by atoms with Crippen LogP contribution in [0.5, 0.6) is 0 Å². The topological polar surface area (TPSA) is 38.9 Å². The second-order valence-electron chi connectivity index (χ2n) is 3.03. The molecule has 0 saturated carbocycles. The first kappa shape index (κ1) is 9.64. The van der Waals surface area contributed by atoms with Crippen molar-refractivity contribution in [2.24, 2.45) is 0 Å². The van der Waals surface area contributed by atoms with Crippen LogP contribution in [0.4, 0.5) is 0 Å². The third-order valence-electron chi connectivity index (χ3n) is 2.09. The number of nitrogens with zero attached hydrogens (tertiary/aromatic N) is 2. The number of hydrogen-bond acceptors (Lipinski definition) is 3. The fraction of sp³-hybridized carbons (Fsp3) is 0.200. The summed E-state index contributed by atoms with van der Waals surface area (Å²) >= 11 is 2.01. The van der Waals surface area contributed by atoms with E-state index >= 15 is 0 Å². The van der Waals surface area contributed by atoms with Crippen molar-refractivity contribution in [1.29, 1.82) is 0 Å². The van der Waals surface area contributed by atoms with Crippen molar-refractivity contribution in [3.8, 4) is 0 Å². The number of aromatic nitrogens is 2. The molecular weight excluding hydrogens is 291 g/mol. The molecule has 1 heterocycles. The van der Waals surface area contributed by atoms with E-state index in [-0.39, 0.29) is 5.92 Å². The van der Waals surface area contributed by atoms with E-state index in [2.05, 4.69) is 29.3 Å². The molecule has 0 saturated heterocycles. The van der Waals surface area contributed by atoms with Gasteiger partial charge in [0.25, 0.3) is 3.90 Å². The molecule has 2 rings (SSSR count). The van der Waals surface area contributed by atoms with E-state index in [4.69, 9.17) is 4.42 Å². The maximum Gasteiger partial charge on any atom is 0.278 e. The molecule has 14 heavy (non-hydrogen) atoms. The first-order chi connectivity index (χ1) is 6.77. The molecule has 3 nitrogen and oxygen atoms in total. The lowest BCUT2D eigenvalue weighted by molar-refractivity contribution is 0.457. The molecule has 1 aromatic heterocycles. The van der Waals surface area contributed by atoms with Gasteiger partial charge in [0.05, 0.1) is 5.92 Å². The van der Waals surface area contributed by atoms with Gasteiger partial charge >= 0.3 is 0 Å². The van der Waals surface area contributed by atoms with Gasteiger partial charge in [-0.25, -0.2) is 0 Å². The van der Waals surface area contributed by atoms with Gasteiger partial charge in [-0.15, -0.1) is 10.2 Å². The molecule has 0 bridgehead atoms. The molecule has 0 N–H and O–H groups in total. The molecule has 1 unspecified atom stereocenters. The average molecular weight is 300 g/mol. The van der Waals surface area contributed by atoms with Crippen molar-refractivity contribution in [3.63, 3.8) is 0 Å². The van der Waals surface area contributed by atoms with Gasteiger partial charge in [0.2, 0.25) is 5.89 Å². The van der Waals surface area contributed by atoms with E-state index in [1.54, 1.807) is 0 Å². The molecule has 0 spiro atoms. The summed E-state index contributed by atoms with van der Waals surface area (Å²) < 4.78 is 5.95. The minimum absolute atomic E-state index is 0.159. The minimum Gasteiger partial charge on any atom is -0.416 e. The maximum atomic E-state index is 5.36. The van der Waals surface area contributed by atoms with Crippen LogP contribution in [0.3, 0.4) is 0 Å². The number of rotatable bonds is 2. The van der Waals surface area contributed by atoms with Gasteiger partial charge in [0, 0.05) is 22.6 Å². The van der Waals surface area contributed by atoms with Crippen LogP contribution in [0.15, 0.2) is 34.7 Å². The van der Waals surface area contributed by atoms with E-state index < -0.39 is 0 Å². The van der Waals surface area contributed by atoms with Crippen LogP contribution in [-0.4, -0.2) is 10.2 Å². The Morgan fingerprint density at radius 2 is 1.93 bits per heavy atom. The Morgan fingerprint density at radius 1 is 1.21 bits per heavy atom. The summed E-state index contributed by atoms with van der Waals surface area (Å²) in [6, 6.07) is 10.1. The smallest absolute Gasteiger partial charge is 0.278 e. The van der Waals surface area contributed by atoms with Crippen LogP contribution in [0.2, 0.25) is 0 Å². The van der Waals surface area contributed by atoms with E-state index in [1.807, 2.05) is 40.8 Å². The van der Waals surface area contributed by atoms with Gasteiger partial charge in [0.15, 0.2) is 0 Å². The number of hydrogen-bond donors (Lipinski definition) is 0. The van der Waals surface area contributed by atoms with Gasteiger partial charge in [-0.3, -0.25) is 0 Å². The minimum atomic E-state index is 0.159. The Balaban J connectivity index is 2.29. The maximum absolute atomic E-state index is 5.36. The summed E-state index contributed by atoms with van der Waals surface area (Å²) in [4.78, 5) is 0. The second kappa shape index (κ2) is 4.08. The molecule has 0 fully saturated rings. The average Bonchev–Trinajstić information content (AvgIpc) is 2.65. The highest BCUT2D eigenvalue weighted by atomic mass is 127. The van der Waals surface area contributed by atoms with Crippen LogP contribution in [0.1, 0.15) is 24.3 Å². The number of benzene rings is 1. The highest BCUT2D eigenvalue weighted by Gasteiger charge is 2.14. The standard InChI is InChI=1S/C10H9IN2O/c1-7(8-5-3-2-4-6-8)9-12-13-10(11)14-9/h2-7H,1H3. The van der Waals surface area contributed by atoms with Crippen molar-refractivity contribution in [3.05, 3.63) is 45.7 Å². The lowest BCUT2D eigenvalue weighted by Gasteiger charge is -2.05. The van der Waals surface area contributed by atoms with Gasteiger partial charge in [-0.2, -0.15) is 0 Å². The Morgan fingerprint density at radius 3 is 2.50 bits per heavy atom. The quantitative estimate of drug-likeness (QED) is 0.801. The molecule has 0 radical (unpaired) electrons. The summed E-state index contributed by atoms with van der Waals surface area (Å²) in [6.07, 6.45) is 0. The fourth-order valence-electron chi connectivity index (χ4n) is 1.27. The van der Waals surface area contributed by atoms with Crippen LogP contribution < -0.4 is 0 Å². The second-order valence-corrected chi connectivity index (χ2v) is 3.95. The first-order valence-electron chi connectivity index (χ1n) is 4.31. The van der Waals surface area contributed by atoms with Crippen molar-refractivity contribution < 1.29 is 4.42 Å². The molecular formula is C10H9IN2O. The number of halogens is 1. The molecule has 0 amide bonds. The molecule has 2 aromatic rings. The van der Waals surface area contributed by atoms with Crippen molar-refractivity contribution in [2.75, 3.05) is 0 Å². The monoisotopic (exact) mass is 300 g/mol. The van der Waals surface area contributed by atoms with Crippen LogP contribution in [-0.2, 0) is 0 Å². The molecule has 4 heteroatoms. The lowest BCUT2D eigenvalue weighted by Crippen LogP contribution is -1.95. The van der Waals surface area contributed by atoms with E-state index in [0.29, 0.717) is 9.79 Å². The van der Waals surface area contributed by atoms with Gasteiger partial charge < -0.3 is 4.42 Å². The van der Waals surface area contributed by atoms with Gasteiger partial charge in [0.1, 0.15) is 0 Å². The van der Waals surface area contributed by atoms with Crippen LogP contribution in [0, 0.1) is 3.90 Å². The fourth-order valence-corrected chi connectivity index (χ4v) is 1.61. The van der Waals surface area contributed by atoms with E-state index in [0.717, 1.165) is 0 Å². The molecule has 1 atom stereocenters. The molecule has 0 aliphatic carbocycles. The van der Waals surface area contributed by atoms with Crippen molar-refractivity contribution in [2.45, 2.75) is 12.8 Å². The van der Waals surface area contributed by atoms with Crippen LogP contribution >= 0.6 is 22.6 Å². The molecule has 72 valence electrons. The third kappa shape index (κ3) is 1.95. The predicted molar refractivity (Wildman–Crippen MR) is 61.0 cm³/mol. The molecule has 0 aliphatic heterocycles. The molecule has 0 aliphatic rings. The zero-order chi connectivity index (χ0) is 9.97. The Kier molecular flexibility index (Phi) is 2.81. The highest BCUT2D eigenvalue weighted by Crippen LogP contribution is 2.22. The normalized spacial score (nSPS) is 12.7. The van der Waals surface area contributed by atoms with Crippen LogP contribution in [0.25, 0.3) is 0 Å². The molecule has 1 aromatic carbocycles. The van der Waals surface area contributed by atoms with Gasteiger partial charge in [-0.05, 0) is 12.5 Å². The highest BCUT2D eigenvalue weighted by molar-refractivity contribution is 14.1. The lowest BCUT2D eigenvalue weighted by atomic mass is 10.0. The van der Waals surface area contributed by atoms with Gasteiger partial charge in [-0.1, -0.05) is 30.3 Å². The summed E-state index contributed by atoms with van der Waals surface area (Å²) in [5.41, 5.74) is 1.19. The Labute approximate surface area is 95.7 Å². The Bertz CT molecular complexity index is 413.